The molecular weight excluding hydrogens is 238 g/mol. The van der Waals surface area contributed by atoms with Crippen LogP contribution in [-0.2, 0) is 19.1 Å². The van der Waals surface area contributed by atoms with Gasteiger partial charge in [-0.25, -0.2) is 4.79 Å². The van der Waals surface area contributed by atoms with E-state index in [1.807, 2.05) is 0 Å². The van der Waals surface area contributed by atoms with Crippen molar-refractivity contribution < 1.29 is 23.8 Å². The molecule has 0 fully saturated rings. The van der Waals surface area contributed by atoms with Crippen LogP contribution in [0.15, 0.2) is 24.3 Å². The Kier molecular flexibility index (Phi) is 5.50. The highest BCUT2D eigenvalue weighted by molar-refractivity contribution is 5.73. The fourth-order valence-corrected chi connectivity index (χ4v) is 1.14. The summed E-state index contributed by atoms with van der Waals surface area (Å²) in [6.07, 6.45) is 0.0235. The Balaban J connectivity index is 2.25. The lowest BCUT2D eigenvalue weighted by Crippen LogP contribution is -2.17. The molecule has 1 aromatic rings. The van der Waals surface area contributed by atoms with E-state index >= 15 is 0 Å². The van der Waals surface area contributed by atoms with E-state index in [-0.39, 0.29) is 19.6 Å². The summed E-state index contributed by atoms with van der Waals surface area (Å²) in [4.78, 5) is 22.0. The molecule has 6 heteroatoms. The van der Waals surface area contributed by atoms with Gasteiger partial charge in [0.2, 0.25) is 0 Å². The van der Waals surface area contributed by atoms with Crippen LogP contribution >= 0.6 is 0 Å². The minimum Gasteiger partial charge on any atom is -0.480 e. The van der Waals surface area contributed by atoms with E-state index in [0.717, 1.165) is 0 Å². The number of nitrogen functional groups attached to an aromatic ring is 1. The number of benzene rings is 1. The van der Waals surface area contributed by atoms with Crippen LogP contribution in [0.5, 0.6) is 5.75 Å². The zero-order valence-electron chi connectivity index (χ0n) is 10.0. The fraction of sp³-hybridized carbons (Fsp3) is 0.333. The minimum absolute atomic E-state index is 0.0235. The molecule has 0 unspecified atom stereocenters. The van der Waals surface area contributed by atoms with Gasteiger partial charge in [-0.1, -0.05) is 12.1 Å². The molecule has 0 aliphatic heterocycles. The van der Waals surface area contributed by atoms with Gasteiger partial charge < -0.3 is 19.9 Å². The van der Waals surface area contributed by atoms with Crippen LogP contribution in [0.25, 0.3) is 0 Å². The standard InChI is InChI=1S/C12H15NO5/c1-16-11(14)6-7-17-12(15)8-18-10-5-3-2-4-9(10)13/h2-5H,6-8,13H2,1H3. The van der Waals surface area contributed by atoms with Gasteiger partial charge in [-0.2, -0.15) is 0 Å². The van der Waals surface area contributed by atoms with Crippen LogP contribution in [0.3, 0.4) is 0 Å². The number of hydrogen-bond acceptors (Lipinski definition) is 6. The summed E-state index contributed by atoms with van der Waals surface area (Å²) in [5, 5.41) is 0. The SMILES string of the molecule is COC(=O)CCOC(=O)COc1ccccc1N. The van der Waals surface area contributed by atoms with Crippen LogP contribution in [0.2, 0.25) is 0 Å². The summed E-state index contributed by atoms with van der Waals surface area (Å²) < 4.78 is 14.3. The normalized spacial score (nSPS) is 9.61. The van der Waals surface area contributed by atoms with Gasteiger partial charge >= 0.3 is 11.9 Å². The Labute approximate surface area is 105 Å². The van der Waals surface area contributed by atoms with Gasteiger partial charge in [0.15, 0.2) is 6.61 Å². The quantitative estimate of drug-likeness (QED) is 0.594. The maximum absolute atomic E-state index is 11.3. The molecule has 2 N–H and O–H groups in total. The van der Waals surface area contributed by atoms with E-state index < -0.39 is 11.9 Å². The topological polar surface area (TPSA) is 87.8 Å². The van der Waals surface area contributed by atoms with Gasteiger partial charge in [-0.05, 0) is 12.1 Å². The van der Waals surface area contributed by atoms with E-state index in [2.05, 4.69) is 4.74 Å². The average Bonchev–Trinajstić information content (AvgIpc) is 2.37. The number of esters is 2. The third kappa shape index (κ3) is 4.73. The lowest BCUT2D eigenvalue weighted by Gasteiger charge is -2.08. The second-order valence-electron chi connectivity index (χ2n) is 3.37. The van der Waals surface area contributed by atoms with E-state index in [1.54, 1.807) is 24.3 Å². The molecule has 1 rings (SSSR count). The number of hydrogen-bond donors (Lipinski definition) is 1. The maximum atomic E-state index is 11.3. The Morgan fingerprint density at radius 1 is 1.22 bits per heavy atom. The summed E-state index contributed by atoms with van der Waals surface area (Å²) in [5.41, 5.74) is 6.07. The Hall–Kier alpha value is -2.24. The van der Waals surface area contributed by atoms with Crippen molar-refractivity contribution in [2.45, 2.75) is 6.42 Å². The van der Waals surface area contributed by atoms with Crippen LogP contribution < -0.4 is 10.5 Å². The molecule has 0 aromatic heterocycles. The van der Waals surface area contributed by atoms with Crippen molar-refractivity contribution in [3.8, 4) is 5.75 Å². The van der Waals surface area contributed by atoms with E-state index in [1.165, 1.54) is 7.11 Å². The molecule has 0 bridgehead atoms. The number of carbonyl (C=O) groups excluding carboxylic acids is 2. The van der Waals surface area contributed by atoms with Crippen LogP contribution in [0, 0.1) is 0 Å². The molecule has 18 heavy (non-hydrogen) atoms. The number of methoxy groups -OCH3 is 1. The van der Waals surface area contributed by atoms with Crippen molar-refractivity contribution >= 4 is 17.6 Å². The van der Waals surface area contributed by atoms with Crippen molar-refractivity contribution in [3.63, 3.8) is 0 Å². The molecule has 0 spiro atoms. The van der Waals surface area contributed by atoms with Gasteiger partial charge in [0.25, 0.3) is 0 Å². The Bertz CT molecular complexity index is 419. The van der Waals surface area contributed by atoms with E-state index in [9.17, 15) is 9.59 Å². The molecule has 0 aliphatic carbocycles. The fourth-order valence-electron chi connectivity index (χ4n) is 1.14. The van der Waals surface area contributed by atoms with Crippen LogP contribution in [0.4, 0.5) is 5.69 Å². The monoisotopic (exact) mass is 253 g/mol. The number of rotatable bonds is 6. The third-order valence-corrected chi connectivity index (χ3v) is 2.06. The van der Waals surface area contributed by atoms with Gasteiger partial charge in [0.1, 0.15) is 12.4 Å². The Morgan fingerprint density at radius 3 is 2.61 bits per heavy atom. The predicted octanol–water partition coefficient (Wildman–Crippen LogP) is 0.754. The number of nitrogens with two attached hydrogens (primary N) is 1. The first kappa shape index (κ1) is 13.8. The van der Waals surface area contributed by atoms with Gasteiger partial charge in [-0.15, -0.1) is 0 Å². The van der Waals surface area contributed by atoms with Crippen molar-refractivity contribution in [1.29, 1.82) is 0 Å². The number of para-hydroxylation sites is 2. The average molecular weight is 253 g/mol. The van der Waals surface area contributed by atoms with Gasteiger partial charge in [0, 0.05) is 0 Å². The number of ether oxygens (including phenoxy) is 3. The predicted molar refractivity (Wildman–Crippen MR) is 63.9 cm³/mol. The molecule has 0 radical (unpaired) electrons. The largest absolute Gasteiger partial charge is 0.480 e. The van der Waals surface area contributed by atoms with Crippen molar-refractivity contribution in [3.05, 3.63) is 24.3 Å². The molecule has 0 heterocycles. The zero-order valence-corrected chi connectivity index (χ0v) is 10.0. The molecule has 0 saturated carbocycles. The van der Waals surface area contributed by atoms with Crippen molar-refractivity contribution in [2.24, 2.45) is 0 Å². The molecule has 0 atom stereocenters. The smallest absolute Gasteiger partial charge is 0.344 e. The Morgan fingerprint density at radius 2 is 1.94 bits per heavy atom. The first-order valence-electron chi connectivity index (χ1n) is 5.33. The van der Waals surface area contributed by atoms with Crippen molar-refractivity contribution in [1.82, 2.24) is 0 Å². The zero-order chi connectivity index (χ0) is 13.4. The highest BCUT2D eigenvalue weighted by Gasteiger charge is 2.07. The lowest BCUT2D eigenvalue weighted by molar-refractivity contribution is -0.149. The van der Waals surface area contributed by atoms with Gasteiger partial charge in [0.05, 0.1) is 19.2 Å². The second kappa shape index (κ2) is 7.16. The summed E-state index contributed by atoms with van der Waals surface area (Å²) in [7, 11) is 1.27. The number of carbonyl (C=O) groups is 2. The highest BCUT2D eigenvalue weighted by Crippen LogP contribution is 2.19. The molecule has 0 saturated heterocycles. The summed E-state index contributed by atoms with van der Waals surface area (Å²) in [6, 6.07) is 6.82. The molecule has 98 valence electrons. The minimum atomic E-state index is -0.567. The van der Waals surface area contributed by atoms with Crippen molar-refractivity contribution in [2.75, 3.05) is 26.1 Å². The molecule has 0 aliphatic rings. The van der Waals surface area contributed by atoms with Gasteiger partial charge in [-0.3, -0.25) is 4.79 Å². The highest BCUT2D eigenvalue weighted by atomic mass is 16.6. The summed E-state index contributed by atoms with van der Waals surface area (Å²) in [6.45, 7) is -0.283. The maximum Gasteiger partial charge on any atom is 0.344 e. The molecular formula is C12H15NO5. The lowest BCUT2D eigenvalue weighted by atomic mass is 10.3. The third-order valence-electron chi connectivity index (χ3n) is 2.06. The molecule has 1 aromatic carbocycles. The molecule has 6 nitrogen and oxygen atoms in total. The summed E-state index contributed by atoms with van der Waals surface area (Å²) >= 11 is 0. The van der Waals surface area contributed by atoms with E-state index in [4.69, 9.17) is 15.2 Å². The second-order valence-corrected chi connectivity index (χ2v) is 3.37. The first-order chi connectivity index (χ1) is 8.63. The van der Waals surface area contributed by atoms with E-state index in [0.29, 0.717) is 11.4 Å². The molecule has 0 amide bonds. The van der Waals surface area contributed by atoms with Crippen LogP contribution in [-0.4, -0.2) is 32.3 Å². The summed E-state index contributed by atoms with van der Waals surface area (Å²) in [5.74, 6) is -0.583. The number of anilines is 1. The first-order valence-corrected chi connectivity index (χ1v) is 5.33. The van der Waals surface area contributed by atoms with Crippen LogP contribution in [0.1, 0.15) is 6.42 Å².